The fourth-order valence-electron chi connectivity index (χ4n) is 8.21. The standard InChI is InChI=1S/C51H32N2O/c1-31-14-25-49-50(52-31)53-51(54-49)35-19-15-34(16-20-35)38-23-24-43-46(28-38)45(40-22-18-33-9-3-5-11-37(33)27-40)30-47-42-13-7-6-12-41(42)44(29-48(43)47)39-21-17-32-8-2-4-10-36(32)26-39/h2-30H,1H3. The lowest BCUT2D eigenvalue weighted by atomic mass is 9.86. The van der Waals surface area contributed by atoms with Gasteiger partial charge in [-0.3, -0.25) is 0 Å². The van der Waals surface area contributed by atoms with Crippen LogP contribution >= 0.6 is 0 Å². The smallest absolute Gasteiger partial charge is 0.228 e. The zero-order chi connectivity index (χ0) is 35.8. The summed E-state index contributed by atoms with van der Waals surface area (Å²) in [5.41, 5.74) is 10.3. The fourth-order valence-corrected chi connectivity index (χ4v) is 8.21. The molecule has 0 fully saturated rings. The topological polar surface area (TPSA) is 38.9 Å². The van der Waals surface area contributed by atoms with Crippen LogP contribution in [0.25, 0.3) is 110 Å². The summed E-state index contributed by atoms with van der Waals surface area (Å²) in [6.45, 7) is 1.96. The first-order valence-corrected chi connectivity index (χ1v) is 18.4. The van der Waals surface area contributed by atoms with Gasteiger partial charge in [0.25, 0.3) is 0 Å². The minimum absolute atomic E-state index is 0.577. The summed E-state index contributed by atoms with van der Waals surface area (Å²) < 4.78 is 6.07. The Balaban J connectivity index is 1.13. The lowest BCUT2D eigenvalue weighted by Crippen LogP contribution is -1.90. The molecule has 0 amide bonds. The predicted octanol–water partition coefficient (Wildman–Crippen LogP) is 14.0. The number of aryl methyl sites for hydroxylation is 1. The molecule has 3 heteroatoms. The van der Waals surface area contributed by atoms with Crippen LogP contribution in [-0.4, -0.2) is 9.97 Å². The van der Waals surface area contributed by atoms with Crippen molar-refractivity contribution in [3.63, 3.8) is 0 Å². The second-order valence-corrected chi connectivity index (χ2v) is 14.2. The second kappa shape index (κ2) is 12.0. The van der Waals surface area contributed by atoms with Gasteiger partial charge in [0.05, 0.1) is 0 Å². The normalized spacial score (nSPS) is 11.8. The van der Waals surface area contributed by atoms with E-state index in [9.17, 15) is 0 Å². The van der Waals surface area contributed by atoms with Gasteiger partial charge in [-0.15, -0.1) is 0 Å². The van der Waals surface area contributed by atoms with Gasteiger partial charge in [0.1, 0.15) is 0 Å². The Morgan fingerprint density at radius 1 is 0.352 bits per heavy atom. The monoisotopic (exact) mass is 688 g/mol. The molecule has 11 rings (SSSR count). The lowest BCUT2D eigenvalue weighted by molar-refractivity contribution is 0.619. The van der Waals surface area contributed by atoms with E-state index in [1.54, 1.807) is 0 Å². The summed E-state index contributed by atoms with van der Waals surface area (Å²) in [6.07, 6.45) is 0. The largest absolute Gasteiger partial charge is 0.434 e. The molecule has 0 saturated heterocycles. The number of hydrogen-bond donors (Lipinski definition) is 0. The highest BCUT2D eigenvalue weighted by molar-refractivity contribution is 6.24. The van der Waals surface area contributed by atoms with Gasteiger partial charge in [-0.05, 0) is 149 Å². The summed E-state index contributed by atoms with van der Waals surface area (Å²) in [7, 11) is 0. The van der Waals surface area contributed by atoms with Crippen LogP contribution in [0.3, 0.4) is 0 Å². The molecule has 0 spiro atoms. The molecule has 0 atom stereocenters. The maximum Gasteiger partial charge on any atom is 0.228 e. The van der Waals surface area contributed by atoms with Crippen molar-refractivity contribution in [1.82, 2.24) is 9.97 Å². The molecular weight excluding hydrogens is 657 g/mol. The molecule has 0 saturated carbocycles. The zero-order valence-electron chi connectivity index (χ0n) is 29.5. The van der Waals surface area contributed by atoms with E-state index in [0.717, 1.165) is 22.4 Å². The summed E-state index contributed by atoms with van der Waals surface area (Å²) in [5, 5.41) is 12.4. The van der Waals surface area contributed by atoms with Gasteiger partial charge < -0.3 is 4.42 Å². The van der Waals surface area contributed by atoms with Crippen molar-refractivity contribution in [1.29, 1.82) is 0 Å². The third-order valence-electron chi connectivity index (χ3n) is 11.0. The van der Waals surface area contributed by atoms with Gasteiger partial charge in [0.2, 0.25) is 5.89 Å². The van der Waals surface area contributed by atoms with E-state index in [0.29, 0.717) is 17.1 Å². The SMILES string of the molecule is Cc1ccc2oc(-c3ccc(-c4ccc5c(c4)c(-c4ccc6ccccc6c4)cc4c6ccccc6c(-c6ccc7ccccc7c6)cc54)cc3)nc2n1. The number of aromatic nitrogens is 2. The Hall–Kier alpha value is -7.10. The van der Waals surface area contributed by atoms with Gasteiger partial charge in [-0.2, -0.15) is 4.98 Å². The van der Waals surface area contributed by atoms with Crippen LogP contribution in [-0.2, 0) is 0 Å². The molecular formula is C51H32N2O. The van der Waals surface area contributed by atoms with E-state index >= 15 is 0 Å². The molecule has 252 valence electrons. The third kappa shape index (κ3) is 4.97. The lowest BCUT2D eigenvalue weighted by Gasteiger charge is -2.17. The highest BCUT2D eigenvalue weighted by atomic mass is 16.3. The van der Waals surface area contributed by atoms with Gasteiger partial charge in [-0.25, -0.2) is 4.98 Å². The molecule has 3 nitrogen and oxygen atoms in total. The Morgan fingerprint density at radius 3 is 1.57 bits per heavy atom. The molecule has 0 aliphatic carbocycles. The Kier molecular flexibility index (Phi) is 6.77. The number of hydrogen-bond acceptors (Lipinski definition) is 3. The number of nitrogens with zero attached hydrogens (tertiary/aromatic N) is 2. The summed E-state index contributed by atoms with van der Waals surface area (Å²) in [6, 6.07) is 63.9. The Labute approximate surface area is 311 Å². The minimum Gasteiger partial charge on any atom is -0.434 e. The van der Waals surface area contributed by atoms with Crippen molar-refractivity contribution in [2.75, 3.05) is 0 Å². The molecule has 0 N–H and O–H groups in total. The van der Waals surface area contributed by atoms with Gasteiger partial charge in [-0.1, -0.05) is 121 Å². The highest BCUT2D eigenvalue weighted by Crippen LogP contribution is 2.44. The average Bonchev–Trinajstić information content (AvgIpc) is 3.66. The average molecular weight is 689 g/mol. The molecule has 0 aliphatic heterocycles. The van der Waals surface area contributed by atoms with Gasteiger partial charge >= 0.3 is 0 Å². The van der Waals surface area contributed by atoms with Crippen molar-refractivity contribution in [2.24, 2.45) is 0 Å². The quantitative estimate of drug-likeness (QED) is 0.173. The van der Waals surface area contributed by atoms with Crippen molar-refractivity contribution >= 4 is 65.1 Å². The second-order valence-electron chi connectivity index (χ2n) is 14.2. The molecule has 0 radical (unpaired) electrons. The van der Waals surface area contributed by atoms with Crippen molar-refractivity contribution in [3.05, 3.63) is 182 Å². The molecule has 9 aromatic carbocycles. The molecule has 2 heterocycles. The molecule has 0 bridgehead atoms. The van der Waals surface area contributed by atoms with Crippen molar-refractivity contribution in [3.8, 4) is 44.8 Å². The van der Waals surface area contributed by atoms with Crippen LogP contribution in [0.4, 0.5) is 0 Å². The molecule has 2 aromatic heterocycles. The van der Waals surface area contributed by atoms with Crippen LogP contribution < -0.4 is 0 Å². The van der Waals surface area contributed by atoms with Crippen LogP contribution in [0.2, 0.25) is 0 Å². The third-order valence-corrected chi connectivity index (χ3v) is 11.0. The van der Waals surface area contributed by atoms with Crippen LogP contribution in [0.5, 0.6) is 0 Å². The van der Waals surface area contributed by atoms with E-state index in [2.05, 4.69) is 174 Å². The fraction of sp³-hybridized carbons (Fsp3) is 0.0196. The van der Waals surface area contributed by atoms with Gasteiger partial charge in [0.15, 0.2) is 11.2 Å². The Morgan fingerprint density at radius 2 is 0.889 bits per heavy atom. The molecule has 0 aliphatic rings. The summed E-state index contributed by atoms with van der Waals surface area (Å²) >= 11 is 0. The van der Waals surface area contributed by atoms with Crippen molar-refractivity contribution in [2.45, 2.75) is 6.92 Å². The van der Waals surface area contributed by atoms with E-state index in [-0.39, 0.29) is 0 Å². The number of pyridine rings is 1. The number of fused-ring (bicyclic) bond motifs is 8. The van der Waals surface area contributed by atoms with Crippen LogP contribution in [0.15, 0.2) is 180 Å². The maximum atomic E-state index is 6.07. The summed E-state index contributed by atoms with van der Waals surface area (Å²) in [4.78, 5) is 9.20. The number of oxazole rings is 1. The molecule has 11 aromatic rings. The first-order valence-electron chi connectivity index (χ1n) is 18.4. The predicted molar refractivity (Wildman–Crippen MR) is 226 cm³/mol. The van der Waals surface area contributed by atoms with E-state index in [1.807, 2.05) is 19.1 Å². The molecule has 54 heavy (non-hydrogen) atoms. The van der Waals surface area contributed by atoms with E-state index < -0.39 is 0 Å². The van der Waals surface area contributed by atoms with Crippen LogP contribution in [0, 0.1) is 6.92 Å². The van der Waals surface area contributed by atoms with Gasteiger partial charge in [0, 0.05) is 11.3 Å². The highest BCUT2D eigenvalue weighted by Gasteiger charge is 2.17. The maximum absolute atomic E-state index is 6.07. The first kappa shape index (κ1) is 30.5. The molecule has 0 unspecified atom stereocenters. The van der Waals surface area contributed by atoms with E-state index in [1.165, 1.54) is 76.1 Å². The zero-order valence-corrected chi connectivity index (χ0v) is 29.5. The Bertz CT molecular complexity index is 3280. The minimum atomic E-state index is 0.577. The first-order chi connectivity index (χ1) is 26.6. The van der Waals surface area contributed by atoms with Crippen LogP contribution in [0.1, 0.15) is 5.69 Å². The van der Waals surface area contributed by atoms with Crippen molar-refractivity contribution < 1.29 is 4.42 Å². The number of rotatable bonds is 4. The van der Waals surface area contributed by atoms with E-state index in [4.69, 9.17) is 4.42 Å². The number of benzene rings is 9. The summed E-state index contributed by atoms with van der Waals surface area (Å²) in [5.74, 6) is 0.577.